The third-order valence-corrected chi connectivity index (χ3v) is 6.37. The predicted octanol–water partition coefficient (Wildman–Crippen LogP) is 1.34. The van der Waals surface area contributed by atoms with Crippen LogP contribution in [0, 0.1) is 6.92 Å². The molecule has 2 atom stereocenters. The zero-order chi connectivity index (χ0) is 16.9. The van der Waals surface area contributed by atoms with E-state index in [4.69, 9.17) is 4.42 Å². The molecule has 1 aromatic carbocycles. The lowest BCUT2D eigenvalue weighted by Crippen LogP contribution is -2.59. The molecule has 0 bridgehead atoms. The van der Waals surface area contributed by atoms with Crippen LogP contribution < -0.4 is 10.6 Å². The predicted molar refractivity (Wildman–Crippen MR) is 90.9 cm³/mol. The van der Waals surface area contributed by atoms with Gasteiger partial charge in [-0.25, -0.2) is 13.2 Å². The van der Waals surface area contributed by atoms with Gasteiger partial charge in [0.05, 0.1) is 23.2 Å². The van der Waals surface area contributed by atoms with Gasteiger partial charge in [0.25, 0.3) is 0 Å². The van der Waals surface area contributed by atoms with Crippen molar-refractivity contribution in [2.45, 2.75) is 19.0 Å². The first-order valence-corrected chi connectivity index (χ1v) is 9.76. The second-order valence-electron chi connectivity index (χ2n) is 6.41. The molecule has 1 aromatic heterocycles. The zero-order valence-corrected chi connectivity index (χ0v) is 14.1. The van der Waals surface area contributed by atoms with Crippen LogP contribution in [-0.4, -0.2) is 56.0 Å². The number of amides is 2. The van der Waals surface area contributed by atoms with Crippen LogP contribution in [0.2, 0.25) is 0 Å². The molecule has 0 aliphatic carbocycles. The van der Waals surface area contributed by atoms with Crippen LogP contribution in [0.3, 0.4) is 0 Å². The summed E-state index contributed by atoms with van der Waals surface area (Å²) in [7, 11) is -3.10. The first kappa shape index (κ1) is 15.5. The highest BCUT2D eigenvalue weighted by Crippen LogP contribution is 2.28. The Morgan fingerprint density at radius 1 is 1.38 bits per heavy atom. The maximum absolute atomic E-state index is 12.7. The van der Waals surface area contributed by atoms with Crippen molar-refractivity contribution >= 4 is 32.5 Å². The van der Waals surface area contributed by atoms with E-state index in [1.807, 2.05) is 25.1 Å². The summed E-state index contributed by atoms with van der Waals surface area (Å²) in [6.45, 7) is 2.93. The van der Waals surface area contributed by atoms with Crippen molar-refractivity contribution in [3.63, 3.8) is 0 Å². The van der Waals surface area contributed by atoms with E-state index in [0.717, 1.165) is 11.1 Å². The summed E-state index contributed by atoms with van der Waals surface area (Å²) in [6, 6.07) is 6.69. The quantitative estimate of drug-likeness (QED) is 0.811. The average Bonchev–Trinajstić information content (AvgIpc) is 3.04. The molecule has 0 spiro atoms. The lowest BCUT2D eigenvalue weighted by atomic mass is 10.1. The topological polar surface area (TPSA) is 91.7 Å². The highest BCUT2D eigenvalue weighted by molar-refractivity contribution is 7.91. The number of aryl methyl sites for hydroxylation is 1. The summed E-state index contributed by atoms with van der Waals surface area (Å²) in [4.78, 5) is 14.3. The number of hydrogen-bond donors (Lipinski definition) is 2. The van der Waals surface area contributed by atoms with Gasteiger partial charge >= 0.3 is 6.03 Å². The normalized spacial score (nSPS) is 25.6. The number of nitrogens with one attached hydrogen (secondary N) is 2. The smallest absolute Gasteiger partial charge is 0.322 e. The number of carbonyl (C=O) groups is 1. The van der Waals surface area contributed by atoms with Gasteiger partial charge < -0.3 is 20.0 Å². The maximum atomic E-state index is 12.7. The Morgan fingerprint density at radius 2 is 2.21 bits per heavy atom. The van der Waals surface area contributed by atoms with Crippen LogP contribution in [0.1, 0.15) is 5.76 Å². The van der Waals surface area contributed by atoms with Crippen LogP contribution >= 0.6 is 0 Å². The largest absolute Gasteiger partial charge is 0.459 e. The first-order chi connectivity index (χ1) is 11.4. The molecule has 0 saturated carbocycles. The summed E-state index contributed by atoms with van der Waals surface area (Å²) in [5, 5.41) is 7.00. The molecule has 2 amide bonds. The van der Waals surface area contributed by atoms with Crippen LogP contribution in [0.15, 0.2) is 28.7 Å². The number of furan rings is 1. The van der Waals surface area contributed by atoms with Gasteiger partial charge in [-0.3, -0.25) is 0 Å². The molecule has 0 unspecified atom stereocenters. The van der Waals surface area contributed by atoms with E-state index in [-0.39, 0.29) is 29.6 Å². The lowest BCUT2D eigenvalue weighted by Gasteiger charge is -2.37. The van der Waals surface area contributed by atoms with Crippen molar-refractivity contribution in [2.24, 2.45) is 0 Å². The summed E-state index contributed by atoms with van der Waals surface area (Å²) in [6.07, 6.45) is 0. The van der Waals surface area contributed by atoms with E-state index in [1.54, 1.807) is 11.0 Å². The summed E-state index contributed by atoms with van der Waals surface area (Å²) >= 11 is 0. The van der Waals surface area contributed by atoms with E-state index >= 15 is 0 Å². The monoisotopic (exact) mass is 349 g/mol. The van der Waals surface area contributed by atoms with Gasteiger partial charge in [0.1, 0.15) is 5.76 Å². The van der Waals surface area contributed by atoms with Crippen molar-refractivity contribution < 1.29 is 17.6 Å². The minimum atomic E-state index is -3.10. The van der Waals surface area contributed by atoms with Crippen molar-refractivity contribution in [1.82, 2.24) is 10.2 Å². The molecule has 128 valence electrons. The van der Waals surface area contributed by atoms with Crippen molar-refractivity contribution in [3.05, 3.63) is 30.0 Å². The molecular formula is C16H19N3O4S. The minimum Gasteiger partial charge on any atom is -0.459 e. The zero-order valence-electron chi connectivity index (χ0n) is 13.3. The molecule has 4 rings (SSSR count). The maximum Gasteiger partial charge on any atom is 0.322 e. The van der Waals surface area contributed by atoms with Gasteiger partial charge in [0, 0.05) is 24.5 Å². The van der Waals surface area contributed by atoms with Gasteiger partial charge in [-0.05, 0) is 19.1 Å². The highest BCUT2D eigenvalue weighted by atomic mass is 32.2. The van der Waals surface area contributed by atoms with Gasteiger partial charge in [0.2, 0.25) is 0 Å². The molecule has 24 heavy (non-hydrogen) atoms. The summed E-state index contributed by atoms with van der Waals surface area (Å²) in [5.74, 6) is 0.882. The Labute approximate surface area is 139 Å². The molecule has 2 saturated heterocycles. The Morgan fingerprint density at radius 3 is 3.04 bits per heavy atom. The molecule has 3 heterocycles. The molecular weight excluding hydrogens is 330 g/mol. The second kappa shape index (κ2) is 5.49. The van der Waals surface area contributed by atoms with Crippen molar-refractivity contribution in [3.8, 4) is 0 Å². The van der Waals surface area contributed by atoms with E-state index < -0.39 is 9.84 Å². The fourth-order valence-electron chi connectivity index (χ4n) is 3.60. The molecule has 7 nitrogen and oxygen atoms in total. The van der Waals surface area contributed by atoms with E-state index in [0.29, 0.717) is 24.4 Å². The van der Waals surface area contributed by atoms with E-state index in [1.165, 1.54) is 0 Å². The van der Waals surface area contributed by atoms with Crippen molar-refractivity contribution in [2.75, 3.05) is 29.9 Å². The van der Waals surface area contributed by atoms with E-state index in [2.05, 4.69) is 10.6 Å². The Kier molecular flexibility index (Phi) is 3.54. The number of sulfone groups is 1. The van der Waals surface area contributed by atoms with Crippen LogP contribution in [-0.2, 0) is 9.84 Å². The summed E-state index contributed by atoms with van der Waals surface area (Å²) in [5.41, 5.74) is 1.23. The molecule has 0 radical (unpaired) electrons. The van der Waals surface area contributed by atoms with Gasteiger partial charge in [-0.15, -0.1) is 0 Å². The Balaban J connectivity index is 1.59. The van der Waals surface area contributed by atoms with Crippen LogP contribution in [0.4, 0.5) is 10.5 Å². The first-order valence-electron chi connectivity index (χ1n) is 7.93. The number of nitrogens with zero attached hydrogens (tertiary/aromatic N) is 1. The molecule has 2 aromatic rings. The molecule has 8 heteroatoms. The van der Waals surface area contributed by atoms with Crippen LogP contribution in [0.5, 0.6) is 0 Å². The van der Waals surface area contributed by atoms with Gasteiger partial charge in [0.15, 0.2) is 15.4 Å². The Hall–Kier alpha value is -2.06. The SMILES string of the molecule is Cc1cc2cccc(NC(=O)N3CCN[C@H]4CS(=O)(=O)C[C@H]43)c2o1. The second-order valence-corrected chi connectivity index (χ2v) is 8.56. The number of benzene rings is 1. The average molecular weight is 349 g/mol. The third kappa shape index (κ3) is 2.65. The summed E-state index contributed by atoms with van der Waals surface area (Å²) < 4.78 is 29.4. The fourth-order valence-corrected chi connectivity index (χ4v) is 5.55. The fraction of sp³-hybridized carbons (Fsp3) is 0.438. The molecule has 2 aliphatic rings. The number of urea groups is 1. The van der Waals surface area contributed by atoms with E-state index in [9.17, 15) is 13.2 Å². The lowest BCUT2D eigenvalue weighted by molar-refractivity contribution is 0.163. The van der Waals surface area contributed by atoms with Gasteiger partial charge in [-0.1, -0.05) is 12.1 Å². The number of hydrogen-bond acceptors (Lipinski definition) is 5. The third-order valence-electron chi connectivity index (χ3n) is 4.65. The number of piperazine rings is 1. The Bertz CT molecular complexity index is 905. The number of rotatable bonds is 1. The highest BCUT2D eigenvalue weighted by Gasteiger charge is 2.44. The van der Waals surface area contributed by atoms with Crippen LogP contribution in [0.25, 0.3) is 11.0 Å². The standard InChI is InChI=1S/C16H19N3O4S/c1-10-7-11-3-2-4-12(15(11)23-10)18-16(20)19-6-5-17-13-8-24(21,22)9-14(13)19/h2-4,7,13-14,17H,5-6,8-9H2,1H3,(H,18,20)/t13-,14+/m0/s1. The minimum absolute atomic E-state index is 0.0160. The molecule has 2 aliphatic heterocycles. The number of fused-ring (bicyclic) bond motifs is 2. The van der Waals surface area contributed by atoms with Crippen molar-refractivity contribution in [1.29, 1.82) is 0 Å². The molecule has 2 N–H and O–H groups in total. The number of carbonyl (C=O) groups excluding carboxylic acids is 1. The number of anilines is 1. The molecule has 2 fully saturated rings. The number of para-hydroxylation sites is 1. The van der Waals surface area contributed by atoms with Gasteiger partial charge in [-0.2, -0.15) is 0 Å².